The third-order valence-electron chi connectivity index (χ3n) is 4.57. The average Bonchev–Trinajstić information content (AvgIpc) is 3.07. The summed E-state index contributed by atoms with van der Waals surface area (Å²) in [7, 11) is 0. The molecule has 4 atom stereocenters. The molecule has 5 N–H and O–H groups in total. The lowest BCUT2D eigenvalue weighted by atomic mass is 9.95. The van der Waals surface area contributed by atoms with E-state index in [0.717, 1.165) is 0 Å². The molecule has 0 radical (unpaired) electrons. The Morgan fingerprint density at radius 1 is 1.67 bits per heavy atom. The maximum atomic E-state index is 14.7. The molecule has 0 saturated heterocycles. The molecule has 0 aromatic carbocycles. The van der Waals surface area contributed by atoms with Crippen LogP contribution in [0, 0.1) is 0 Å². The number of rotatable bonds is 4. The first-order chi connectivity index (χ1) is 11.7. The maximum absolute atomic E-state index is 14.7. The van der Waals surface area contributed by atoms with Gasteiger partial charge in [0.05, 0.1) is 19.0 Å². The summed E-state index contributed by atoms with van der Waals surface area (Å²) in [5.41, 5.74) is -4.69. The molecule has 1 saturated carbocycles. The molecule has 10 heteroatoms. The highest BCUT2D eigenvalue weighted by Crippen LogP contribution is 2.47. The van der Waals surface area contributed by atoms with Crippen LogP contribution in [0.3, 0.4) is 0 Å². The van der Waals surface area contributed by atoms with Crippen molar-refractivity contribution in [3.05, 3.63) is 16.7 Å². The zero-order valence-electron chi connectivity index (χ0n) is 14.0. The number of H-pyrrole nitrogens is 1. The number of hydrogen-bond acceptors (Lipinski definition) is 7. The van der Waals surface area contributed by atoms with Gasteiger partial charge in [-0.3, -0.25) is 9.78 Å². The molecule has 2 aromatic heterocycles. The fraction of sp³-hybridized carbons (Fsp3) is 0.643. The fourth-order valence-electron chi connectivity index (χ4n) is 3.23. The summed E-state index contributed by atoms with van der Waals surface area (Å²) in [6.07, 6.45) is -0.932. The Bertz CT molecular complexity index is 840. The topological polar surface area (TPSA) is 136 Å². The second-order valence-corrected chi connectivity index (χ2v) is 6.21. The quantitative estimate of drug-likeness (QED) is 0.495. The number of aromatic nitrogens is 4. The Labute approximate surface area is 137 Å². The lowest BCUT2D eigenvalue weighted by Gasteiger charge is -2.30. The smallest absolute Gasteiger partial charge is 0.280 e. The SMILES string of the molecule is [3H]CCNc1nc2c(ncn2[C@@H]2C[C@](F)(CO)[C@@H](O)[C@@]2(C)O)c(=O)[nH]1. The van der Waals surface area contributed by atoms with E-state index in [2.05, 4.69) is 20.3 Å². The van der Waals surface area contributed by atoms with Crippen LogP contribution < -0.4 is 10.9 Å². The van der Waals surface area contributed by atoms with Crippen LogP contribution in [-0.4, -0.2) is 65.4 Å². The Balaban J connectivity index is 2.10. The van der Waals surface area contributed by atoms with Crippen LogP contribution in [0.15, 0.2) is 11.1 Å². The molecule has 2 aromatic rings. The number of aromatic amines is 1. The number of aliphatic hydroxyl groups excluding tert-OH is 2. The summed E-state index contributed by atoms with van der Waals surface area (Å²) in [6, 6.07) is -0.983. The van der Waals surface area contributed by atoms with E-state index in [9.17, 15) is 24.5 Å². The largest absolute Gasteiger partial charge is 0.393 e. The number of anilines is 1. The minimum atomic E-state index is -2.38. The molecule has 0 unspecified atom stereocenters. The van der Waals surface area contributed by atoms with E-state index >= 15 is 0 Å². The van der Waals surface area contributed by atoms with Crippen molar-refractivity contribution in [3.63, 3.8) is 0 Å². The van der Waals surface area contributed by atoms with Crippen LogP contribution in [0.25, 0.3) is 11.2 Å². The van der Waals surface area contributed by atoms with Crippen LogP contribution in [0.2, 0.25) is 0 Å². The number of nitrogens with zero attached hydrogens (tertiary/aromatic N) is 3. The first-order valence-corrected chi connectivity index (χ1v) is 7.45. The normalized spacial score (nSPS) is 33.8. The minimum Gasteiger partial charge on any atom is -0.393 e. The van der Waals surface area contributed by atoms with Crippen LogP contribution in [-0.2, 0) is 0 Å². The molecule has 132 valence electrons. The number of nitrogens with one attached hydrogen (secondary N) is 2. The summed E-state index contributed by atoms with van der Waals surface area (Å²) in [5, 5.41) is 32.7. The summed E-state index contributed by atoms with van der Waals surface area (Å²) in [6.45, 7) is 0.654. The predicted molar refractivity (Wildman–Crippen MR) is 83.5 cm³/mol. The molecular weight excluding hydrogens is 321 g/mol. The van der Waals surface area contributed by atoms with Crippen molar-refractivity contribution >= 4 is 17.1 Å². The first-order valence-electron chi connectivity index (χ1n) is 8.15. The van der Waals surface area contributed by atoms with Gasteiger partial charge in [-0.05, 0) is 13.8 Å². The second-order valence-electron chi connectivity index (χ2n) is 6.21. The van der Waals surface area contributed by atoms with Gasteiger partial charge in [0, 0.05) is 14.3 Å². The van der Waals surface area contributed by atoms with Gasteiger partial charge in [0.1, 0.15) is 11.7 Å². The van der Waals surface area contributed by atoms with E-state index in [1.165, 1.54) is 17.8 Å². The first kappa shape index (κ1) is 15.5. The van der Waals surface area contributed by atoms with Crippen molar-refractivity contribution in [3.8, 4) is 0 Å². The highest BCUT2D eigenvalue weighted by atomic mass is 19.1. The standard InChI is InChI=1S/C14H20FN5O4/c1-3-16-12-18-9-8(10(22)19-12)17-6-20(9)7-4-14(15,5-21)11(23)13(7,2)24/h6-7,11,21,23-24H,3-5H2,1-2H3,(H2,16,18,19,22)/t7-,11+,13+,14+/m1/s1/i1T. The molecule has 24 heavy (non-hydrogen) atoms. The van der Waals surface area contributed by atoms with Gasteiger partial charge in [-0.15, -0.1) is 0 Å². The monoisotopic (exact) mass is 343 g/mol. The molecule has 0 bridgehead atoms. The second kappa shape index (κ2) is 5.50. The highest BCUT2D eigenvalue weighted by molar-refractivity contribution is 5.71. The Morgan fingerprint density at radius 2 is 2.42 bits per heavy atom. The van der Waals surface area contributed by atoms with E-state index in [1.54, 1.807) is 0 Å². The summed E-state index contributed by atoms with van der Waals surface area (Å²) in [4.78, 5) is 22.8. The number of fused-ring (bicyclic) bond motifs is 1. The molecular formula is C14H20FN5O4. The Hall–Kier alpha value is -2.04. The third-order valence-corrected chi connectivity index (χ3v) is 4.57. The summed E-state index contributed by atoms with van der Waals surface area (Å²) in [5.74, 6) is 0.123. The van der Waals surface area contributed by atoms with E-state index < -0.39 is 35.6 Å². The predicted octanol–water partition coefficient (Wildman–Crippen LogP) is -0.691. The van der Waals surface area contributed by atoms with Crippen molar-refractivity contribution in [1.82, 2.24) is 19.5 Å². The zero-order chi connectivity index (χ0) is 18.4. The van der Waals surface area contributed by atoms with Crippen LogP contribution in [0.4, 0.5) is 10.3 Å². The minimum absolute atomic E-state index is 0.00192. The van der Waals surface area contributed by atoms with Crippen LogP contribution >= 0.6 is 0 Å². The number of alkyl halides is 1. The van der Waals surface area contributed by atoms with E-state index in [1.807, 2.05) is 0 Å². The summed E-state index contributed by atoms with van der Waals surface area (Å²) >= 11 is 0. The molecule has 1 aliphatic carbocycles. The van der Waals surface area contributed by atoms with E-state index in [-0.39, 0.29) is 37.0 Å². The number of imidazole rings is 1. The van der Waals surface area contributed by atoms with E-state index in [4.69, 9.17) is 1.37 Å². The third kappa shape index (κ3) is 2.29. The van der Waals surface area contributed by atoms with E-state index in [0.29, 0.717) is 0 Å². The van der Waals surface area contributed by atoms with Gasteiger partial charge in [-0.25, -0.2) is 9.37 Å². The molecule has 0 aliphatic heterocycles. The molecule has 0 spiro atoms. The average molecular weight is 343 g/mol. The zero-order valence-corrected chi connectivity index (χ0v) is 13.0. The van der Waals surface area contributed by atoms with Crippen molar-refractivity contribution in [2.45, 2.75) is 43.7 Å². The van der Waals surface area contributed by atoms with Gasteiger partial charge in [-0.2, -0.15) is 4.98 Å². The fourth-order valence-corrected chi connectivity index (χ4v) is 3.23. The van der Waals surface area contributed by atoms with Gasteiger partial charge in [0.25, 0.3) is 5.56 Å². The molecule has 2 heterocycles. The van der Waals surface area contributed by atoms with Gasteiger partial charge in [0.15, 0.2) is 16.8 Å². The molecule has 0 amide bonds. The number of hydrogen-bond donors (Lipinski definition) is 5. The van der Waals surface area contributed by atoms with Gasteiger partial charge >= 0.3 is 0 Å². The molecule has 1 aliphatic rings. The molecule has 3 rings (SSSR count). The van der Waals surface area contributed by atoms with Crippen molar-refractivity contribution in [2.75, 3.05) is 18.5 Å². The summed E-state index contributed by atoms with van der Waals surface area (Å²) < 4.78 is 23.1. The van der Waals surface area contributed by atoms with Gasteiger partial charge in [0.2, 0.25) is 5.95 Å². The maximum Gasteiger partial charge on any atom is 0.280 e. The Morgan fingerprint density at radius 3 is 3.04 bits per heavy atom. The van der Waals surface area contributed by atoms with Crippen LogP contribution in [0.5, 0.6) is 0 Å². The Kier molecular flexibility index (Phi) is 3.55. The van der Waals surface area contributed by atoms with Crippen LogP contribution in [0.1, 0.15) is 27.7 Å². The van der Waals surface area contributed by atoms with Gasteiger partial charge in [-0.1, -0.05) is 0 Å². The lowest BCUT2D eigenvalue weighted by molar-refractivity contribution is -0.112. The van der Waals surface area contributed by atoms with Crippen molar-refractivity contribution < 1.29 is 21.1 Å². The van der Waals surface area contributed by atoms with Crippen molar-refractivity contribution in [2.24, 2.45) is 0 Å². The number of halogens is 1. The van der Waals surface area contributed by atoms with Crippen molar-refractivity contribution in [1.29, 1.82) is 0 Å². The lowest BCUT2D eigenvalue weighted by Crippen LogP contribution is -2.48. The molecule has 9 nitrogen and oxygen atoms in total. The van der Waals surface area contributed by atoms with Gasteiger partial charge < -0.3 is 25.2 Å². The molecule has 1 fully saturated rings. The number of aliphatic hydroxyl groups is 3. The highest BCUT2D eigenvalue weighted by Gasteiger charge is 2.61.